The van der Waals surface area contributed by atoms with Gasteiger partial charge in [0.2, 0.25) is 0 Å². The van der Waals surface area contributed by atoms with Crippen molar-refractivity contribution in [3.63, 3.8) is 0 Å². The number of thiophene rings is 1. The maximum atomic E-state index is 11.1. The molecule has 0 aliphatic carbocycles. The van der Waals surface area contributed by atoms with E-state index in [2.05, 4.69) is 20.7 Å². The molecule has 0 saturated heterocycles. The van der Waals surface area contributed by atoms with Gasteiger partial charge in [-0.15, -0.1) is 11.3 Å². The van der Waals surface area contributed by atoms with Crippen LogP contribution in [0.1, 0.15) is 16.9 Å². The van der Waals surface area contributed by atoms with Crippen LogP contribution in [-0.4, -0.2) is 13.1 Å². The lowest BCUT2D eigenvalue weighted by atomic mass is 10.1. The molecule has 0 saturated carbocycles. The summed E-state index contributed by atoms with van der Waals surface area (Å²) in [5.74, 6) is 0.643. The number of hydrogen-bond acceptors (Lipinski definition) is 4. The molecule has 0 aliphatic heterocycles. The van der Waals surface area contributed by atoms with Gasteiger partial charge >= 0.3 is 5.97 Å². The van der Waals surface area contributed by atoms with Crippen molar-refractivity contribution >= 4 is 33.2 Å². The van der Waals surface area contributed by atoms with E-state index in [-0.39, 0.29) is 5.97 Å². The number of rotatable bonds is 6. The summed E-state index contributed by atoms with van der Waals surface area (Å²) in [6.45, 7) is 0.567. The molecule has 0 N–H and O–H groups in total. The molecule has 0 bridgehead atoms. The van der Waals surface area contributed by atoms with Crippen molar-refractivity contribution in [3.05, 3.63) is 50.6 Å². The molecule has 2 rings (SSSR count). The van der Waals surface area contributed by atoms with Crippen LogP contribution in [0, 0.1) is 0 Å². The van der Waals surface area contributed by atoms with Crippen LogP contribution in [0.3, 0.4) is 0 Å². The molecule has 0 aliphatic rings. The second-order valence-corrected chi connectivity index (χ2v) is 6.76. The lowest BCUT2D eigenvalue weighted by Crippen LogP contribution is -2.01. The number of benzene rings is 1. The Kier molecular flexibility index (Phi) is 5.61. The number of carbonyl (C=O) groups excluding carboxylic acids is 1. The topological polar surface area (TPSA) is 35.5 Å². The second kappa shape index (κ2) is 7.45. The first-order chi connectivity index (χ1) is 9.67. The molecule has 1 aromatic heterocycles. The van der Waals surface area contributed by atoms with Gasteiger partial charge in [0.25, 0.3) is 0 Å². The summed E-state index contributed by atoms with van der Waals surface area (Å²) < 4.78 is 11.4. The fourth-order valence-corrected chi connectivity index (χ4v) is 3.08. The minimum atomic E-state index is -0.186. The fourth-order valence-electron chi connectivity index (χ4n) is 1.68. The molecule has 0 amide bonds. The predicted molar refractivity (Wildman–Crippen MR) is 83.1 cm³/mol. The number of hydrogen-bond donors (Lipinski definition) is 0. The predicted octanol–water partition coefficient (Wildman–Crippen LogP) is 4.20. The third kappa shape index (κ3) is 4.65. The number of methoxy groups -OCH3 is 1. The highest BCUT2D eigenvalue weighted by molar-refractivity contribution is 9.11. The zero-order valence-electron chi connectivity index (χ0n) is 11.1. The van der Waals surface area contributed by atoms with Gasteiger partial charge in [-0.3, -0.25) is 4.79 Å². The summed E-state index contributed by atoms with van der Waals surface area (Å²) in [7, 11) is 1.40. The zero-order chi connectivity index (χ0) is 14.4. The van der Waals surface area contributed by atoms with E-state index in [1.165, 1.54) is 12.0 Å². The molecular formula is C15H15BrO3S. The van der Waals surface area contributed by atoms with E-state index in [1.54, 1.807) is 11.3 Å². The first kappa shape index (κ1) is 15.1. The fraction of sp³-hybridized carbons (Fsp3) is 0.267. The van der Waals surface area contributed by atoms with E-state index in [0.717, 1.165) is 15.1 Å². The highest BCUT2D eigenvalue weighted by Gasteiger charge is 2.03. The number of aryl methyl sites for hydroxylation is 1. The number of esters is 1. The lowest BCUT2D eigenvalue weighted by molar-refractivity contribution is -0.140. The first-order valence-corrected chi connectivity index (χ1v) is 7.81. The van der Waals surface area contributed by atoms with Gasteiger partial charge in [0, 0.05) is 11.3 Å². The molecule has 2 aromatic rings. The Balaban J connectivity index is 1.83. The number of halogens is 1. The highest BCUT2D eigenvalue weighted by Crippen LogP contribution is 2.23. The van der Waals surface area contributed by atoms with Crippen molar-refractivity contribution in [1.82, 2.24) is 0 Å². The second-order valence-electron chi connectivity index (χ2n) is 4.21. The average molecular weight is 355 g/mol. The molecule has 0 fully saturated rings. The summed E-state index contributed by atoms with van der Waals surface area (Å²) >= 11 is 5.09. The van der Waals surface area contributed by atoms with E-state index in [4.69, 9.17) is 4.74 Å². The molecule has 0 unspecified atom stereocenters. The zero-order valence-corrected chi connectivity index (χ0v) is 13.5. The number of ether oxygens (including phenoxy) is 2. The van der Waals surface area contributed by atoms with E-state index in [0.29, 0.717) is 19.4 Å². The van der Waals surface area contributed by atoms with E-state index in [9.17, 15) is 4.79 Å². The molecule has 0 radical (unpaired) electrons. The Bertz CT molecular complexity index is 563. The molecule has 5 heteroatoms. The average Bonchev–Trinajstić information content (AvgIpc) is 2.89. The van der Waals surface area contributed by atoms with E-state index < -0.39 is 0 Å². The Morgan fingerprint density at radius 1 is 1.20 bits per heavy atom. The monoisotopic (exact) mass is 354 g/mol. The van der Waals surface area contributed by atoms with Crippen LogP contribution in [0.4, 0.5) is 0 Å². The minimum absolute atomic E-state index is 0.186. The Labute approximate surface area is 130 Å². The largest absolute Gasteiger partial charge is 0.488 e. The van der Waals surface area contributed by atoms with Gasteiger partial charge in [-0.2, -0.15) is 0 Å². The van der Waals surface area contributed by atoms with E-state index >= 15 is 0 Å². The van der Waals surface area contributed by atoms with Gasteiger partial charge in [0.15, 0.2) is 0 Å². The van der Waals surface area contributed by atoms with Gasteiger partial charge in [0.05, 0.1) is 10.9 Å². The smallest absolute Gasteiger partial charge is 0.305 e. The van der Waals surface area contributed by atoms with Crippen molar-refractivity contribution < 1.29 is 14.3 Å². The molecule has 1 heterocycles. The molecule has 0 atom stereocenters. The van der Waals surface area contributed by atoms with Crippen molar-refractivity contribution in [2.24, 2.45) is 0 Å². The van der Waals surface area contributed by atoms with Crippen LogP contribution in [0.5, 0.6) is 5.75 Å². The third-order valence-electron chi connectivity index (χ3n) is 2.78. The van der Waals surface area contributed by atoms with Crippen LogP contribution in [0.15, 0.2) is 40.2 Å². The Hall–Kier alpha value is -1.33. The van der Waals surface area contributed by atoms with Crippen LogP contribution in [0.2, 0.25) is 0 Å². The van der Waals surface area contributed by atoms with Gasteiger partial charge in [-0.05, 0) is 52.2 Å². The summed E-state index contributed by atoms with van der Waals surface area (Å²) in [5.41, 5.74) is 1.10. The summed E-state index contributed by atoms with van der Waals surface area (Å²) in [6, 6.07) is 11.9. The molecule has 1 aromatic carbocycles. The number of carbonyl (C=O) groups is 1. The molecule has 0 spiro atoms. The quantitative estimate of drug-likeness (QED) is 0.729. The van der Waals surface area contributed by atoms with Crippen molar-refractivity contribution in [1.29, 1.82) is 0 Å². The van der Waals surface area contributed by atoms with Crippen LogP contribution in [0.25, 0.3) is 0 Å². The maximum Gasteiger partial charge on any atom is 0.305 e. The molecular weight excluding hydrogens is 340 g/mol. The molecule has 20 heavy (non-hydrogen) atoms. The van der Waals surface area contributed by atoms with Crippen LogP contribution < -0.4 is 4.74 Å². The Morgan fingerprint density at radius 3 is 2.55 bits per heavy atom. The summed E-state index contributed by atoms with van der Waals surface area (Å²) in [6.07, 6.45) is 1.09. The van der Waals surface area contributed by atoms with Crippen molar-refractivity contribution in [2.45, 2.75) is 19.4 Å². The van der Waals surface area contributed by atoms with Crippen LogP contribution in [-0.2, 0) is 22.6 Å². The minimum Gasteiger partial charge on any atom is -0.488 e. The molecule has 106 valence electrons. The molecule has 3 nitrogen and oxygen atoms in total. The highest BCUT2D eigenvalue weighted by atomic mass is 79.9. The van der Waals surface area contributed by atoms with Gasteiger partial charge < -0.3 is 9.47 Å². The lowest BCUT2D eigenvalue weighted by Gasteiger charge is -2.06. The van der Waals surface area contributed by atoms with Gasteiger partial charge in [0.1, 0.15) is 12.4 Å². The maximum absolute atomic E-state index is 11.1. The van der Waals surface area contributed by atoms with E-state index in [1.807, 2.05) is 36.4 Å². The summed E-state index contributed by atoms with van der Waals surface area (Å²) in [4.78, 5) is 12.2. The Morgan fingerprint density at radius 2 is 1.95 bits per heavy atom. The standard InChI is InChI=1S/C15H15BrO3S/c1-18-15(17)9-4-11-2-5-12(6-3-11)19-10-13-7-8-14(16)20-13/h2-3,5-8H,4,9-10H2,1H3. The first-order valence-electron chi connectivity index (χ1n) is 6.20. The van der Waals surface area contributed by atoms with Crippen molar-refractivity contribution in [3.8, 4) is 5.75 Å². The van der Waals surface area contributed by atoms with Gasteiger partial charge in [-0.25, -0.2) is 0 Å². The van der Waals surface area contributed by atoms with Crippen LogP contribution >= 0.6 is 27.3 Å². The SMILES string of the molecule is COC(=O)CCc1ccc(OCc2ccc(Br)s2)cc1. The van der Waals surface area contributed by atoms with Gasteiger partial charge in [-0.1, -0.05) is 12.1 Å². The summed E-state index contributed by atoms with van der Waals surface area (Å²) in [5, 5.41) is 0. The third-order valence-corrected chi connectivity index (χ3v) is 4.38. The normalized spacial score (nSPS) is 10.3. The van der Waals surface area contributed by atoms with Crippen molar-refractivity contribution in [2.75, 3.05) is 7.11 Å².